The Morgan fingerprint density at radius 3 is 2.52 bits per heavy atom. The van der Waals surface area contributed by atoms with Crippen molar-refractivity contribution in [2.45, 2.75) is 17.3 Å². The van der Waals surface area contributed by atoms with Crippen molar-refractivity contribution in [3.63, 3.8) is 0 Å². The van der Waals surface area contributed by atoms with Crippen LogP contribution in [0.5, 0.6) is 0 Å². The van der Waals surface area contributed by atoms with E-state index in [1.807, 2.05) is 54.6 Å². The zero-order valence-corrected chi connectivity index (χ0v) is 13.0. The van der Waals surface area contributed by atoms with Crippen molar-refractivity contribution in [1.82, 2.24) is 15.2 Å². The topological polar surface area (TPSA) is 41.6 Å². The number of benzene rings is 2. The third-order valence-corrected chi connectivity index (χ3v) is 4.48. The van der Waals surface area contributed by atoms with E-state index >= 15 is 0 Å². The molecule has 0 saturated carbocycles. The lowest BCUT2D eigenvalue weighted by Gasteiger charge is -2.10. The zero-order valence-electron chi connectivity index (χ0n) is 11.5. The molecule has 1 heterocycles. The third-order valence-electron chi connectivity index (χ3n) is 3.14. The van der Waals surface area contributed by atoms with Gasteiger partial charge in [-0.15, -0.1) is 5.10 Å². The quantitative estimate of drug-likeness (QED) is 0.690. The van der Waals surface area contributed by atoms with Gasteiger partial charge in [0.15, 0.2) is 5.82 Å². The fourth-order valence-electron chi connectivity index (χ4n) is 2.05. The number of thioether (sulfide) groups is 1. The summed E-state index contributed by atoms with van der Waals surface area (Å²) in [6.45, 7) is 2.10. The number of aromatic nitrogens is 3. The molecule has 0 aliphatic heterocycles. The zero-order chi connectivity index (χ0) is 14.7. The fourth-order valence-corrected chi connectivity index (χ4v) is 3.31. The first-order valence-electron chi connectivity index (χ1n) is 6.63. The normalized spacial score (nSPS) is 12.3. The van der Waals surface area contributed by atoms with E-state index in [2.05, 4.69) is 22.1 Å². The number of H-pyrrole nitrogens is 1. The molecule has 0 saturated heterocycles. The number of halogens is 1. The second-order valence-corrected chi connectivity index (χ2v) is 6.33. The van der Waals surface area contributed by atoms with E-state index in [1.54, 1.807) is 11.8 Å². The molecule has 0 aliphatic rings. The van der Waals surface area contributed by atoms with Gasteiger partial charge in [-0.1, -0.05) is 71.9 Å². The van der Waals surface area contributed by atoms with Gasteiger partial charge in [0.2, 0.25) is 5.16 Å². The lowest BCUT2D eigenvalue weighted by atomic mass is 10.2. The summed E-state index contributed by atoms with van der Waals surface area (Å²) in [7, 11) is 0. The Hall–Kier alpha value is -1.78. The molecular weight excluding hydrogens is 302 g/mol. The van der Waals surface area contributed by atoms with Crippen LogP contribution >= 0.6 is 23.4 Å². The molecule has 5 heteroatoms. The molecule has 3 rings (SSSR count). The SMILES string of the molecule is C[C@H](Sc1n[nH]c(-c2ccccc2)n1)c1ccccc1Cl. The molecule has 106 valence electrons. The molecule has 0 aliphatic carbocycles. The van der Waals surface area contributed by atoms with Crippen LogP contribution in [0, 0.1) is 0 Å². The first-order valence-corrected chi connectivity index (χ1v) is 7.88. The second kappa shape index (κ2) is 6.33. The summed E-state index contributed by atoms with van der Waals surface area (Å²) in [5, 5.41) is 8.94. The molecule has 0 unspecified atom stereocenters. The monoisotopic (exact) mass is 315 g/mol. The predicted octanol–water partition coefficient (Wildman–Crippen LogP) is 4.98. The maximum Gasteiger partial charge on any atom is 0.209 e. The summed E-state index contributed by atoms with van der Waals surface area (Å²) in [6.07, 6.45) is 0. The van der Waals surface area contributed by atoms with E-state index in [-0.39, 0.29) is 5.25 Å². The van der Waals surface area contributed by atoms with Crippen LogP contribution in [-0.4, -0.2) is 15.2 Å². The number of nitrogens with zero attached hydrogens (tertiary/aromatic N) is 2. The van der Waals surface area contributed by atoms with Gasteiger partial charge in [0.1, 0.15) is 0 Å². The van der Waals surface area contributed by atoms with Crippen LogP contribution in [0.1, 0.15) is 17.7 Å². The van der Waals surface area contributed by atoms with Crippen molar-refractivity contribution in [1.29, 1.82) is 0 Å². The summed E-state index contributed by atoms with van der Waals surface area (Å²) in [4.78, 5) is 4.53. The molecule has 21 heavy (non-hydrogen) atoms. The molecule has 0 fully saturated rings. The Labute approximate surface area is 132 Å². The van der Waals surface area contributed by atoms with Gasteiger partial charge in [0, 0.05) is 15.8 Å². The molecule has 0 amide bonds. The van der Waals surface area contributed by atoms with Gasteiger partial charge < -0.3 is 0 Å². The average Bonchev–Trinajstić information content (AvgIpc) is 2.97. The van der Waals surface area contributed by atoms with Crippen LogP contribution < -0.4 is 0 Å². The van der Waals surface area contributed by atoms with Gasteiger partial charge in [0.05, 0.1) is 0 Å². The van der Waals surface area contributed by atoms with E-state index < -0.39 is 0 Å². The molecule has 0 spiro atoms. The Morgan fingerprint density at radius 1 is 1.05 bits per heavy atom. The molecule has 1 atom stereocenters. The second-order valence-electron chi connectivity index (χ2n) is 4.61. The van der Waals surface area contributed by atoms with Crippen LogP contribution in [0.2, 0.25) is 5.02 Å². The van der Waals surface area contributed by atoms with Crippen LogP contribution in [0.4, 0.5) is 0 Å². The van der Waals surface area contributed by atoms with Gasteiger partial charge >= 0.3 is 0 Å². The van der Waals surface area contributed by atoms with Crippen molar-refractivity contribution in [2.75, 3.05) is 0 Å². The standard InChI is InChI=1S/C16H14ClN3S/c1-11(13-9-5-6-10-14(13)17)21-16-18-15(19-20-16)12-7-3-2-4-8-12/h2-11H,1H3,(H,18,19,20)/t11-/m0/s1. The number of hydrogen-bond acceptors (Lipinski definition) is 3. The lowest BCUT2D eigenvalue weighted by molar-refractivity contribution is 0.960. The van der Waals surface area contributed by atoms with Gasteiger partial charge in [-0.2, -0.15) is 0 Å². The van der Waals surface area contributed by atoms with Crippen molar-refractivity contribution in [3.05, 3.63) is 65.2 Å². The summed E-state index contributed by atoms with van der Waals surface area (Å²) >= 11 is 7.81. The Bertz CT molecular complexity index is 727. The molecule has 3 nitrogen and oxygen atoms in total. The summed E-state index contributed by atoms with van der Waals surface area (Å²) in [5.41, 5.74) is 2.12. The van der Waals surface area contributed by atoms with E-state index in [0.29, 0.717) is 0 Å². The van der Waals surface area contributed by atoms with E-state index in [4.69, 9.17) is 11.6 Å². The van der Waals surface area contributed by atoms with Crippen LogP contribution in [-0.2, 0) is 0 Å². The molecule has 0 radical (unpaired) electrons. The first kappa shape index (κ1) is 14.2. The highest BCUT2D eigenvalue weighted by Gasteiger charge is 2.14. The van der Waals surface area contributed by atoms with Crippen LogP contribution in [0.25, 0.3) is 11.4 Å². The van der Waals surface area contributed by atoms with E-state index in [0.717, 1.165) is 27.1 Å². The highest BCUT2D eigenvalue weighted by molar-refractivity contribution is 7.99. The number of aromatic amines is 1. The highest BCUT2D eigenvalue weighted by Crippen LogP contribution is 2.36. The van der Waals surface area contributed by atoms with Gasteiger partial charge in [-0.3, -0.25) is 5.10 Å². The first-order chi connectivity index (χ1) is 10.2. The summed E-state index contributed by atoms with van der Waals surface area (Å²) in [6, 6.07) is 17.8. The number of nitrogens with one attached hydrogen (secondary N) is 1. The summed E-state index contributed by atoms with van der Waals surface area (Å²) in [5.74, 6) is 0.782. The van der Waals surface area contributed by atoms with Crippen molar-refractivity contribution >= 4 is 23.4 Å². The fraction of sp³-hybridized carbons (Fsp3) is 0.125. The molecule has 0 bridgehead atoms. The van der Waals surface area contributed by atoms with Gasteiger partial charge in [0.25, 0.3) is 0 Å². The Balaban J connectivity index is 1.77. The third kappa shape index (κ3) is 3.28. The molecule has 1 aromatic heterocycles. The number of rotatable bonds is 4. The Morgan fingerprint density at radius 2 is 1.76 bits per heavy atom. The minimum atomic E-state index is 0.193. The van der Waals surface area contributed by atoms with Crippen molar-refractivity contribution < 1.29 is 0 Å². The van der Waals surface area contributed by atoms with Crippen LogP contribution in [0.15, 0.2) is 59.8 Å². The minimum absolute atomic E-state index is 0.193. The Kier molecular flexibility index (Phi) is 4.27. The van der Waals surface area contributed by atoms with Gasteiger partial charge in [-0.05, 0) is 18.6 Å². The van der Waals surface area contributed by atoms with E-state index in [1.165, 1.54) is 0 Å². The summed E-state index contributed by atoms with van der Waals surface area (Å²) < 4.78 is 0. The maximum absolute atomic E-state index is 6.22. The molecule has 2 aromatic carbocycles. The van der Waals surface area contributed by atoms with E-state index in [9.17, 15) is 0 Å². The molecular formula is C16H14ClN3S. The van der Waals surface area contributed by atoms with Crippen molar-refractivity contribution in [2.24, 2.45) is 0 Å². The smallest absolute Gasteiger partial charge is 0.209 e. The van der Waals surface area contributed by atoms with Crippen molar-refractivity contribution in [3.8, 4) is 11.4 Å². The van der Waals surface area contributed by atoms with Crippen LogP contribution in [0.3, 0.4) is 0 Å². The average molecular weight is 316 g/mol. The predicted molar refractivity (Wildman–Crippen MR) is 87.5 cm³/mol. The maximum atomic E-state index is 6.22. The molecule has 3 aromatic rings. The molecule has 1 N–H and O–H groups in total. The highest BCUT2D eigenvalue weighted by atomic mass is 35.5. The largest absolute Gasteiger partial charge is 0.258 e. The van der Waals surface area contributed by atoms with Gasteiger partial charge in [-0.25, -0.2) is 4.98 Å². The minimum Gasteiger partial charge on any atom is -0.258 e. The number of hydrogen-bond donors (Lipinski definition) is 1. The lowest BCUT2D eigenvalue weighted by Crippen LogP contribution is -1.90.